The minimum Gasteiger partial charge on any atom is -0.497 e. The van der Waals surface area contributed by atoms with E-state index in [-0.39, 0.29) is 24.9 Å². The van der Waals surface area contributed by atoms with E-state index in [0.29, 0.717) is 18.4 Å². The molecule has 0 fully saturated rings. The molecule has 2 aromatic carbocycles. The van der Waals surface area contributed by atoms with Gasteiger partial charge in [-0.25, -0.2) is 14.8 Å². The average molecular weight is 489 g/mol. The third-order valence-electron chi connectivity index (χ3n) is 5.02. The smallest absolute Gasteiger partial charge is 0.274 e. The van der Waals surface area contributed by atoms with Crippen molar-refractivity contribution < 1.29 is 17.9 Å². The van der Waals surface area contributed by atoms with Crippen LogP contribution in [0, 0.1) is 0 Å². The molecule has 10 heteroatoms. The van der Waals surface area contributed by atoms with Gasteiger partial charge in [-0.2, -0.15) is 8.42 Å². The van der Waals surface area contributed by atoms with E-state index in [0.717, 1.165) is 28.4 Å². The minimum absolute atomic E-state index is 0.000240. The lowest BCUT2D eigenvalue weighted by molar-refractivity contribution is 0.0986. The number of nitrogens with zero attached hydrogens (tertiary/aromatic N) is 1. The van der Waals surface area contributed by atoms with E-state index >= 15 is 0 Å². The summed E-state index contributed by atoms with van der Waals surface area (Å²) in [6.07, 6.45) is 2.04. The Hall–Kier alpha value is -2.63. The largest absolute Gasteiger partial charge is 0.497 e. The molecule has 1 atom stereocenters. The molecule has 0 saturated heterocycles. The predicted octanol–water partition coefficient (Wildman–Crippen LogP) is 3.30. The Balaban J connectivity index is 1.69. The first kappa shape index (κ1) is 25.0. The summed E-state index contributed by atoms with van der Waals surface area (Å²) >= 11 is 1.53. The van der Waals surface area contributed by atoms with Gasteiger partial charge in [0.05, 0.1) is 25.4 Å². The van der Waals surface area contributed by atoms with Gasteiger partial charge >= 0.3 is 0 Å². The first-order chi connectivity index (χ1) is 15.9. The molecule has 4 N–H and O–H groups in total. The number of Topliss-reactive ketones (excluding diaryl/α,β-unsaturated/α-hetero) is 1. The Bertz CT molecular complexity index is 1150. The van der Waals surface area contributed by atoms with Gasteiger partial charge in [-0.05, 0) is 25.0 Å². The van der Waals surface area contributed by atoms with Crippen LogP contribution in [0.1, 0.15) is 41.4 Å². The number of ketones is 1. The van der Waals surface area contributed by atoms with Gasteiger partial charge < -0.3 is 10.1 Å². The topological polar surface area (TPSA) is 123 Å². The molecule has 33 heavy (non-hydrogen) atoms. The highest BCUT2D eigenvalue weighted by Gasteiger charge is 2.17. The molecule has 8 nitrogen and oxygen atoms in total. The first-order valence-electron chi connectivity index (χ1n) is 10.5. The van der Waals surface area contributed by atoms with Crippen molar-refractivity contribution >= 4 is 27.3 Å². The number of unbranched alkanes of at least 4 members (excludes halogenated alkanes) is 1. The summed E-state index contributed by atoms with van der Waals surface area (Å²) in [7, 11) is -2.07. The van der Waals surface area contributed by atoms with Crippen molar-refractivity contribution in [3.8, 4) is 16.3 Å². The minimum atomic E-state index is -3.69. The van der Waals surface area contributed by atoms with Gasteiger partial charge in [0.1, 0.15) is 10.8 Å². The van der Waals surface area contributed by atoms with Crippen LogP contribution < -0.4 is 19.9 Å². The number of nitrogens with two attached hydrogens (primary N) is 1. The molecule has 0 radical (unpaired) electrons. The Morgan fingerprint density at radius 3 is 2.67 bits per heavy atom. The highest BCUT2D eigenvalue weighted by atomic mass is 32.2. The van der Waals surface area contributed by atoms with Crippen LogP contribution in [-0.4, -0.2) is 39.4 Å². The molecule has 0 aliphatic heterocycles. The number of carbonyl (C=O) groups is 1. The Morgan fingerprint density at radius 1 is 1.15 bits per heavy atom. The second-order valence-corrected chi connectivity index (χ2v) is 9.70. The molecule has 176 valence electrons. The van der Waals surface area contributed by atoms with Gasteiger partial charge in [-0.15, -0.1) is 11.3 Å². The molecule has 0 aliphatic rings. The molecule has 0 aliphatic carbocycles. The molecule has 0 amide bonds. The van der Waals surface area contributed by atoms with Crippen LogP contribution in [0.5, 0.6) is 5.75 Å². The van der Waals surface area contributed by atoms with E-state index in [4.69, 9.17) is 14.9 Å². The monoisotopic (exact) mass is 488 g/mol. The molecule has 3 aromatic rings. The molecule has 1 unspecified atom stereocenters. The fourth-order valence-electron chi connectivity index (χ4n) is 3.32. The van der Waals surface area contributed by atoms with E-state index in [2.05, 4.69) is 10.0 Å². The van der Waals surface area contributed by atoms with Crippen molar-refractivity contribution in [1.29, 1.82) is 0 Å². The van der Waals surface area contributed by atoms with E-state index in [9.17, 15) is 13.2 Å². The van der Waals surface area contributed by atoms with E-state index in [1.165, 1.54) is 11.3 Å². The van der Waals surface area contributed by atoms with Crippen LogP contribution in [0.15, 0.2) is 60.0 Å². The number of carbonyl (C=O) groups excluding carboxylic acids is 1. The van der Waals surface area contributed by atoms with Gasteiger partial charge in [0.2, 0.25) is 0 Å². The van der Waals surface area contributed by atoms with Crippen LogP contribution in [0.25, 0.3) is 10.6 Å². The predicted molar refractivity (Wildman–Crippen MR) is 131 cm³/mol. The van der Waals surface area contributed by atoms with Crippen molar-refractivity contribution in [2.75, 3.05) is 20.2 Å². The Labute approximate surface area is 198 Å². The zero-order valence-electron chi connectivity index (χ0n) is 18.4. The number of ether oxygens (including phenoxy) is 1. The Kier molecular flexibility index (Phi) is 9.10. The highest BCUT2D eigenvalue weighted by Crippen LogP contribution is 2.30. The lowest BCUT2D eigenvalue weighted by Gasteiger charge is -2.17. The number of hydrogen-bond acceptors (Lipinski definition) is 7. The summed E-state index contributed by atoms with van der Waals surface area (Å²) in [5.41, 5.74) is 2.46. The molecular weight excluding hydrogens is 460 g/mol. The summed E-state index contributed by atoms with van der Waals surface area (Å²) in [5, 5.41) is 11.2. The van der Waals surface area contributed by atoms with Crippen LogP contribution in [-0.2, 0) is 10.2 Å². The molecule has 1 aromatic heterocycles. The zero-order valence-corrected chi connectivity index (χ0v) is 20.0. The van der Waals surface area contributed by atoms with Crippen LogP contribution in [0.2, 0.25) is 0 Å². The second-order valence-electron chi connectivity index (χ2n) is 7.47. The van der Waals surface area contributed by atoms with E-state index in [1.54, 1.807) is 19.2 Å². The summed E-state index contributed by atoms with van der Waals surface area (Å²) in [4.78, 5) is 17.4. The van der Waals surface area contributed by atoms with Gasteiger partial charge in [-0.1, -0.05) is 48.9 Å². The molecule has 0 bridgehead atoms. The summed E-state index contributed by atoms with van der Waals surface area (Å²) in [6.45, 7) is 0.441. The standard InChI is InChI=1S/C23H28N4O4S2/c1-31-19-11-7-10-18(14-19)23-27-21(16-32-23)20(12-5-6-13-26-33(24,29)30)25-15-22(28)17-8-3-2-4-9-17/h2-4,7-11,14,16,20,25-26H,5-6,12-13,15H2,1H3,(H2,24,29,30). The summed E-state index contributed by atoms with van der Waals surface area (Å²) < 4.78 is 29.7. The fraction of sp³-hybridized carbons (Fsp3) is 0.304. The molecule has 1 heterocycles. The third kappa shape index (κ3) is 8.02. The quantitative estimate of drug-likeness (QED) is 0.251. The lowest BCUT2D eigenvalue weighted by Crippen LogP contribution is -2.31. The zero-order chi connectivity index (χ0) is 23.7. The maximum absolute atomic E-state index is 12.6. The lowest BCUT2D eigenvalue weighted by atomic mass is 10.1. The number of rotatable bonds is 13. The summed E-state index contributed by atoms with van der Waals surface area (Å²) in [5.74, 6) is 0.759. The maximum atomic E-state index is 12.6. The SMILES string of the molecule is COc1cccc(-c2nc(C(CCCCNS(N)(=O)=O)NCC(=O)c3ccccc3)cs2)c1. The maximum Gasteiger partial charge on any atom is 0.274 e. The van der Waals surface area contributed by atoms with Crippen molar-refractivity contribution in [3.63, 3.8) is 0 Å². The van der Waals surface area contributed by atoms with Crippen molar-refractivity contribution in [1.82, 2.24) is 15.0 Å². The van der Waals surface area contributed by atoms with Gasteiger partial charge in [-0.3, -0.25) is 4.79 Å². The van der Waals surface area contributed by atoms with Crippen molar-refractivity contribution in [2.24, 2.45) is 5.14 Å². The number of methoxy groups -OCH3 is 1. The normalized spacial score (nSPS) is 12.4. The van der Waals surface area contributed by atoms with Crippen LogP contribution in [0.4, 0.5) is 0 Å². The van der Waals surface area contributed by atoms with E-state index < -0.39 is 10.2 Å². The average Bonchev–Trinajstić information content (AvgIpc) is 3.30. The van der Waals surface area contributed by atoms with Crippen LogP contribution >= 0.6 is 11.3 Å². The number of thiazole rings is 1. The first-order valence-corrected chi connectivity index (χ1v) is 13.0. The number of aromatic nitrogens is 1. The highest BCUT2D eigenvalue weighted by molar-refractivity contribution is 7.87. The number of nitrogens with one attached hydrogen (secondary N) is 2. The third-order valence-corrected chi connectivity index (χ3v) is 6.54. The van der Waals surface area contributed by atoms with Gasteiger partial charge in [0, 0.05) is 23.1 Å². The van der Waals surface area contributed by atoms with Gasteiger partial charge in [0.15, 0.2) is 5.78 Å². The number of benzene rings is 2. The van der Waals surface area contributed by atoms with E-state index in [1.807, 2.05) is 47.8 Å². The molecule has 0 saturated carbocycles. The molecule has 0 spiro atoms. The summed E-state index contributed by atoms with van der Waals surface area (Å²) in [6, 6.07) is 16.7. The number of hydrogen-bond donors (Lipinski definition) is 3. The molecular formula is C23H28N4O4S2. The van der Waals surface area contributed by atoms with Crippen molar-refractivity contribution in [2.45, 2.75) is 25.3 Å². The fourth-order valence-corrected chi connectivity index (χ4v) is 4.62. The van der Waals surface area contributed by atoms with Crippen LogP contribution in [0.3, 0.4) is 0 Å². The van der Waals surface area contributed by atoms with Gasteiger partial charge in [0.25, 0.3) is 10.2 Å². The van der Waals surface area contributed by atoms with Crippen molar-refractivity contribution in [3.05, 3.63) is 71.2 Å². The Morgan fingerprint density at radius 2 is 1.94 bits per heavy atom. The second kappa shape index (κ2) is 12.0. The molecule has 3 rings (SSSR count).